The Hall–Kier alpha value is -2.13. The van der Waals surface area contributed by atoms with E-state index in [0.29, 0.717) is 0 Å². The van der Waals surface area contributed by atoms with Gasteiger partial charge in [0.15, 0.2) is 0 Å². The Morgan fingerprint density at radius 3 is 2.21 bits per heavy atom. The predicted octanol–water partition coefficient (Wildman–Crippen LogP) is 4.91. The van der Waals surface area contributed by atoms with Crippen molar-refractivity contribution in [3.05, 3.63) is 65.7 Å². The van der Waals surface area contributed by atoms with Crippen molar-refractivity contribution in [2.45, 2.75) is 6.92 Å². The van der Waals surface area contributed by atoms with Crippen LogP contribution in [0.4, 0.5) is 0 Å². The van der Waals surface area contributed by atoms with Crippen molar-refractivity contribution < 1.29 is 4.74 Å². The van der Waals surface area contributed by atoms with E-state index in [1.807, 2.05) is 60.8 Å². The van der Waals surface area contributed by atoms with Crippen LogP contribution in [-0.4, -0.2) is 4.98 Å². The second-order valence-electron chi connectivity index (χ2n) is 4.22. The molecule has 0 saturated heterocycles. The maximum atomic E-state index is 5.76. The molecule has 3 aromatic rings. The van der Waals surface area contributed by atoms with Crippen LogP contribution < -0.4 is 4.74 Å². The summed E-state index contributed by atoms with van der Waals surface area (Å²) >= 11 is 1.70. The number of aryl methyl sites for hydroxylation is 1. The fourth-order valence-corrected chi connectivity index (χ4v) is 2.55. The van der Waals surface area contributed by atoms with E-state index in [-0.39, 0.29) is 0 Å². The highest BCUT2D eigenvalue weighted by molar-refractivity contribution is 7.14. The molecular weight excluding hydrogens is 254 g/mol. The summed E-state index contributed by atoms with van der Waals surface area (Å²) in [6.45, 7) is 2.06. The molecule has 0 radical (unpaired) electrons. The Balaban J connectivity index is 1.79. The lowest BCUT2D eigenvalue weighted by Gasteiger charge is -2.05. The number of benzene rings is 2. The summed E-state index contributed by atoms with van der Waals surface area (Å²) in [5.74, 6) is 1.68. The van der Waals surface area contributed by atoms with Crippen LogP contribution in [-0.2, 0) is 0 Å². The van der Waals surface area contributed by atoms with Crippen LogP contribution in [0, 0.1) is 6.92 Å². The SMILES string of the molecule is Cc1cnc(-c2ccc(Oc3ccccc3)cc2)s1. The summed E-state index contributed by atoms with van der Waals surface area (Å²) in [6.07, 6.45) is 1.90. The minimum atomic E-state index is 0.836. The van der Waals surface area contributed by atoms with E-state index in [4.69, 9.17) is 4.74 Å². The number of thiazole rings is 1. The lowest BCUT2D eigenvalue weighted by atomic mass is 10.2. The maximum Gasteiger partial charge on any atom is 0.127 e. The molecule has 0 atom stereocenters. The van der Waals surface area contributed by atoms with Crippen molar-refractivity contribution in [1.82, 2.24) is 4.98 Å². The van der Waals surface area contributed by atoms with E-state index < -0.39 is 0 Å². The molecule has 0 saturated carbocycles. The van der Waals surface area contributed by atoms with Gasteiger partial charge in [0.05, 0.1) is 0 Å². The van der Waals surface area contributed by atoms with Gasteiger partial charge in [-0.05, 0) is 43.3 Å². The van der Waals surface area contributed by atoms with Crippen molar-refractivity contribution in [1.29, 1.82) is 0 Å². The third-order valence-corrected chi connectivity index (χ3v) is 3.66. The molecule has 0 aliphatic rings. The van der Waals surface area contributed by atoms with Crippen LogP contribution in [0.25, 0.3) is 10.6 Å². The molecule has 0 spiro atoms. The van der Waals surface area contributed by atoms with E-state index in [9.17, 15) is 0 Å². The molecule has 1 aromatic heterocycles. The van der Waals surface area contributed by atoms with E-state index in [1.54, 1.807) is 11.3 Å². The number of rotatable bonds is 3. The Morgan fingerprint density at radius 1 is 0.895 bits per heavy atom. The third-order valence-electron chi connectivity index (χ3n) is 2.70. The van der Waals surface area contributed by atoms with Crippen LogP contribution in [0.3, 0.4) is 0 Å². The summed E-state index contributed by atoms with van der Waals surface area (Å²) in [7, 11) is 0. The average molecular weight is 267 g/mol. The quantitative estimate of drug-likeness (QED) is 0.672. The van der Waals surface area contributed by atoms with Gasteiger partial charge in [0.2, 0.25) is 0 Å². The normalized spacial score (nSPS) is 10.4. The zero-order chi connectivity index (χ0) is 13.1. The highest BCUT2D eigenvalue weighted by Gasteiger charge is 2.03. The number of hydrogen-bond donors (Lipinski definition) is 0. The van der Waals surface area contributed by atoms with Gasteiger partial charge in [0.1, 0.15) is 16.5 Å². The Kier molecular flexibility index (Phi) is 3.29. The summed E-state index contributed by atoms with van der Waals surface area (Å²) in [6, 6.07) is 17.8. The van der Waals surface area contributed by atoms with Gasteiger partial charge < -0.3 is 4.74 Å². The molecule has 2 aromatic carbocycles. The Labute approximate surface area is 116 Å². The molecule has 0 amide bonds. The minimum absolute atomic E-state index is 0.836. The van der Waals surface area contributed by atoms with Gasteiger partial charge in [-0.3, -0.25) is 0 Å². The first-order chi connectivity index (χ1) is 9.31. The molecule has 0 bridgehead atoms. The van der Waals surface area contributed by atoms with Crippen LogP contribution in [0.15, 0.2) is 60.8 Å². The smallest absolute Gasteiger partial charge is 0.127 e. The molecular formula is C16H13NOS. The molecule has 1 heterocycles. The summed E-state index contributed by atoms with van der Waals surface area (Å²) in [4.78, 5) is 5.60. The van der Waals surface area contributed by atoms with Crippen LogP contribution in [0.5, 0.6) is 11.5 Å². The van der Waals surface area contributed by atoms with Gasteiger partial charge in [-0.1, -0.05) is 18.2 Å². The highest BCUT2D eigenvalue weighted by Crippen LogP contribution is 2.28. The van der Waals surface area contributed by atoms with E-state index >= 15 is 0 Å². The lowest BCUT2D eigenvalue weighted by Crippen LogP contribution is -1.83. The summed E-state index contributed by atoms with van der Waals surface area (Å²) in [5.41, 5.74) is 1.12. The standard InChI is InChI=1S/C16H13NOS/c1-12-11-17-16(19-12)13-7-9-15(10-8-13)18-14-5-3-2-4-6-14/h2-11H,1H3. The number of nitrogens with zero attached hydrogens (tertiary/aromatic N) is 1. The first kappa shape index (κ1) is 11.9. The number of hydrogen-bond acceptors (Lipinski definition) is 3. The monoisotopic (exact) mass is 267 g/mol. The molecule has 94 valence electrons. The van der Waals surface area contributed by atoms with Gasteiger partial charge in [-0.25, -0.2) is 4.98 Å². The molecule has 0 aliphatic carbocycles. The first-order valence-electron chi connectivity index (χ1n) is 6.07. The zero-order valence-electron chi connectivity index (χ0n) is 10.5. The minimum Gasteiger partial charge on any atom is -0.457 e. The third kappa shape index (κ3) is 2.83. The van der Waals surface area contributed by atoms with Gasteiger partial charge in [0.25, 0.3) is 0 Å². The number of ether oxygens (including phenoxy) is 1. The van der Waals surface area contributed by atoms with Crippen molar-refractivity contribution in [3.63, 3.8) is 0 Å². The van der Waals surface area contributed by atoms with E-state index in [0.717, 1.165) is 22.1 Å². The van der Waals surface area contributed by atoms with Gasteiger partial charge in [-0.15, -0.1) is 11.3 Å². The second kappa shape index (κ2) is 5.24. The molecule has 3 rings (SSSR count). The fraction of sp³-hybridized carbons (Fsp3) is 0.0625. The van der Waals surface area contributed by atoms with Crippen molar-refractivity contribution in [2.24, 2.45) is 0 Å². The zero-order valence-corrected chi connectivity index (χ0v) is 11.4. The molecule has 19 heavy (non-hydrogen) atoms. The molecule has 0 unspecified atom stereocenters. The molecule has 0 N–H and O–H groups in total. The van der Waals surface area contributed by atoms with E-state index in [1.165, 1.54) is 4.88 Å². The predicted molar refractivity (Wildman–Crippen MR) is 78.8 cm³/mol. The topological polar surface area (TPSA) is 22.1 Å². The maximum absolute atomic E-state index is 5.76. The van der Waals surface area contributed by atoms with Crippen LogP contribution >= 0.6 is 11.3 Å². The van der Waals surface area contributed by atoms with E-state index in [2.05, 4.69) is 11.9 Å². The first-order valence-corrected chi connectivity index (χ1v) is 6.89. The average Bonchev–Trinajstić information content (AvgIpc) is 2.87. The van der Waals surface area contributed by atoms with Crippen molar-refractivity contribution in [2.75, 3.05) is 0 Å². The largest absolute Gasteiger partial charge is 0.457 e. The summed E-state index contributed by atoms with van der Waals surface area (Å²) < 4.78 is 5.76. The number of para-hydroxylation sites is 1. The molecule has 2 nitrogen and oxygen atoms in total. The van der Waals surface area contributed by atoms with Gasteiger partial charge >= 0.3 is 0 Å². The molecule has 0 fully saturated rings. The lowest BCUT2D eigenvalue weighted by molar-refractivity contribution is 0.483. The van der Waals surface area contributed by atoms with Crippen LogP contribution in [0.2, 0.25) is 0 Å². The Morgan fingerprint density at radius 2 is 1.58 bits per heavy atom. The van der Waals surface area contributed by atoms with Crippen molar-refractivity contribution in [3.8, 4) is 22.1 Å². The van der Waals surface area contributed by atoms with Crippen LogP contribution in [0.1, 0.15) is 4.88 Å². The molecule has 0 aliphatic heterocycles. The Bertz CT molecular complexity index is 659. The second-order valence-corrected chi connectivity index (χ2v) is 5.45. The van der Waals surface area contributed by atoms with Gasteiger partial charge in [-0.2, -0.15) is 0 Å². The number of aromatic nitrogens is 1. The molecule has 3 heteroatoms. The van der Waals surface area contributed by atoms with Gasteiger partial charge in [0, 0.05) is 16.6 Å². The van der Waals surface area contributed by atoms with Crippen molar-refractivity contribution >= 4 is 11.3 Å². The highest BCUT2D eigenvalue weighted by atomic mass is 32.1. The fourth-order valence-electron chi connectivity index (χ4n) is 1.78. The summed E-state index contributed by atoms with van der Waals surface area (Å²) in [5, 5.41) is 1.05.